The standard InChI is InChI=1S/C46H69NO9/c1-3-5-7-9-11-13-15-17-29-54-38-24-19-35(20-25-38)37-23-28-40(36-21-26-39(27-22-36)55-30-18-16-14-12-10-8-6-4-2)43(31-37)56-34-44(51)47-32-41(49)45(52)46(53)42(50)33-48/h19-28,31,41-42,45-46,48-50,52-53H,3-18,29-30,32-34H2,1-2H3,(H,47,51)/t41-,42+,45+,46+/m0/s1. The van der Waals surface area contributed by atoms with E-state index in [0.29, 0.717) is 19.0 Å². The minimum atomic E-state index is -1.79. The minimum Gasteiger partial charge on any atom is -0.494 e. The molecule has 0 aliphatic heterocycles. The number of amides is 1. The van der Waals surface area contributed by atoms with Crippen LogP contribution in [-0.4, -0.2) is 88.8 Å². The summed E-state index contributed by atoms with van der Waals surface area (Å²) >= 11 is 0. The summed E-state index contributed by atoms with van der Waals surface area (Å²) in [5, 5.41) is 51.3. The first kappa shape index (κ1) is 46.7. The van der Waals surface area contributed by atoms with Gasteiger partial charge in [0.05, 0.1) is 25.9 Å². The molecule has 0 unspecified atom stereocenters. The molecule has 0 aliphatic rings. The third-order valence-corrected chi connectivity index (χ3v) is 10.1. The Balaban J connectivity index is 1.63. The van der Waals surface area contributed by atoms with E-state index >= 15 is 0 Å². The summed E-state index contributed by atoms with van der Waals surface area (Å²) in [7, 11) is 0. The van der Waals surface area contributed by atoms with Crippen LogP contribution >= 0.6 is 0 Å². The maximum absolute atomic E-state index is 12.8. The van der Waals surface area contributed by atoms with E-state index in [1.165, 1.54) is 83.5 Å². The minimum absolute atomic E-state index is 0.383. The lowest BCUT2D eigenvalue weighted by Gasteiger charge is -2.25. The molecule has 4 atom stereocenters. The molecule has 56 heavy (non-hydrogen) atoms. The fourth-order valence-electron chi connectivity index (χ4n) is 6.48. The monoisotopic (exact) mass is 779 g/mol. The number of hydrogen-bond donors (Lipinski definition) is 6. The summed E-state index contributed by atoms with van der Waals surface area (Å²) < 4.78 is 18.1. The molecular weight excluding hydrogens is 711 g/mol. The predicted molar refractivity (Wildman–Crippen MR) is 223 cm³/mol. The van der Waals surface area contributed by atoms with Crippen LogP contribution in [0.1, 0.15) is 117 Å². The second-order valence-electron chi connectivity index (χ2n) is 14.8. The lowest BCUT2D eigenvalue weighted by molar-refractivity contribution is -0.127. The van der Waals surface area contributed by atoms with Gasteiger partial charge in [0.15, 0.2) is 6.61 Å². The quantitative estimate of drug-likeness (QED) is 0.0356. The number of hydrogen-bond acceptors (Lipinski definition) is 9. The number of ether oxygens (including phenoxy) is 3. The van der Waals surface area contributed by atoms with Gasteiger partial charge in [0.1, 0.15) is 35.6 Å². The van der Waals surface area contributed by atoms with E-state index < -0.39 is 43.5 Å². The van der Waals surface area contributed by atoms with Crippen molar-refractivity contribution in [2.45, 2.75) is 141 Å². The molecule has 0 heterocycles. The molecule has 3 rings (SSSR count). The van der Waals surface area contributed by atoms with Crippen molar-refractivity contribution < 1.29 is 44.5 Å². The lowest BCUT2D eigenvalue weighted by atomic mass is 9.99. The number of carbonyl (C=O) groups is 1. The van der Waals surface area contributed by atoms with E-state index in [-0.39, 0.29) is 6.61 Å². The van der Waals surface area contributed by atoms with E-state index in [1.807, 2.05) is 66.7 Å². The van der Waals surface area contributed by atoms with Gasteiger partial charge in [-0.1, -0.05) is 140 Å². The smallest absolute Gasteiger partial charge is 0.258 e. The van der Waals surface area contributed by atoms with Gasteiger partial charge in [-0.05, 0) is 59.9 Å². The molecule has 3 aromatic carbocycles. The number of rotatable bonds is 31. The van der Waals surface area contributed by atoms with Crippen molar-refractivity contribution in [2.75, 3.05) is 33.0 Å². The van der Waals surface area contributed by atoms with E-state index in [4.69, 9.17) is 19.3 Å². The molecule has 0 aromatic heterocycles. The number of unbranched alkanes of at least 4 members (excludes halogenated alkanes) is 14. The van der Waals surface area contributed by atoms with Crippen molar-refractivity contribution in [3.63, 3.8) is 0 Å². The molecule has 0 radical (unpaired) electrons. The Morgan fingerprint density at radius 2 is 1.00 bits per heavy atom. The maximum atomic E-state index is 12.8. The Morgan fingerprint density at radius 3 is 1.50 bits per heavy atom. The third kappa shape index (κ3) is 17.6. The second kappa shape index (κ2) is 27.8. The zero-order valence-corrected chi connectivity index (χ0v) is 33.9. The molecule has 312 valence electrons. The van der Waals surface area contributed by atoms with E-state index in [2.05, 4.69) is 19.2 Å². The van der Waals surface area contributed by atoms with Gasteiger partial charge in [0.25, 0.3) is 5.91 Å². The highest BCUT2D eigenvalue weighted by molar-refractivity contribution is 5.80. The van der Waals surface area contributed by atoms with Crippen LogP contribution in [0.3, 0.4) is 0 Å². The highest BCUT2D eigenvalue weighted by Gasteiger charge is 2.30. The molecule has 0 saturated heterocycles. The summed E-state index contributed by atoms with van der Waals surface area (Å²) in [6.45, 7) is 4.25. The maximum Gasteiger partial charge on any atom is 0.258 e. The lowest BCUT2D eigenvalue weighted by Crippen LogP contribution is -2.50. The summed E-state index contributed by atoms with van der Waals surface area (Å²) in [6, 6.07) is 21.6. The van der Waals surface area contributed by atoms with Gasteiger partial charge >= 0.3 is 0 Å². The topological polar surface area (TPSA) is 158 Å². The van der Waals surface area contributed by atoms with E-state index in [0.717, 1.165) is 53.0 Å². The Hall–Kier alpha value is -3.67. The van der Waals surface area contributed by atoms with Crippen LogP contribution in [0.25, 0.3) is 22.3 Å². The first-order chi connectivity index (χ1) is 27.3. The van der Waals surface area contributed by atoms with Crippen molar-refractivity contribution in [1.82, 2.24) is 5.32 Å². The van der Waals surface area contributed by atoms with Gasteiger partial charge in [0, 0.05) is 12.1 Å². The average molecular weight is 780 g/mol. The zero-order valence-electron chi connectivity index (χ0n) is 33.9. The Morgan fingerprint density at radius 1 is 0.554 bits per heavy atom. The Bertz CT molecular complexity index is 1470. The van der Waals surface area contributed by atoms with Crippen molar-refractivity contribution in [3.05, 3.63) is 66.7 Å². The van der Waals surface area contributed by atoms with Crippen LogP contribution in [0.5, 0.6) is 17.2 Å². The largest absolute Gasteiger partial charge is 0.494 e. The highest BCUT2D eigenvalue weighted by atomic mass is 16.5. The number of carbonyl (C=O) groups excluding carboxylic acids is 1. The molecule has 0 aliphatic carbocycles. The van der Waals surface area contributed by atoms with Gasteiger partial charge in [-0.25, -0.2) is 0 Å². The molecular formula is C46H69NO9. The normalized spacial score (nSPS) is 13.5. The molecule has 0 spiro atoms. The second-order valence-corrected chi connectivity index (χ2v) is 14.8. The van der Waals surface area contributed by atoms with E-state index in [9.17, 15) is 25.2 Å². The average Bonchev–Trinajstić information content (AvgIpc) is 3.23. The van der Waals surface area contributed by atoms with Crippen LogP contribution in [0.4, 0.5) is 0 Å². The van der Waals surface area contributed by atoms with Crippen LogP contribution in [-0.2, 0) is 4.79 Å². The van der Waals surface area contributed by atoms with Crippen molar-refractivity contribution in [1.29, 1.82) is 0 Å². The van der Waals surface area contributed by atoms with Crippen molar-refractivity contribution in [3.8, 4) is 39.5 Å². The van der Waals surface area contributed by atoms with Crippen LogP contribution < -0.4 is 19.5 Å². The van der Waals surface area contributed by atoms with Crippen LogP contribution in [0.2, 0.25) is 0 Å². The first-order valence-corrected chi connectivity index (χ1v) is 21.1. The van der Waals surface area contributed by atoms with Crippen molar-refractivity contribution >= 4 is 5.91 Å². The summed E-state index contributed by atoms with van der Waals surface area (Å²) in [6.07, 6.45) is 13.1. The first-order valence-electron chi connectivity index (χ1n) is 21.1. The van der Waals surface area contributed by atoms with Crippen molar-refractivity contribution in [2.24, 2.45) is 0 Å². The van der Waals surface area contributed by atoms with Gasteiger partial charge in [0.2, 0.25) is 0 Å². The molecule has 0 fully saturated rings. The molecule has 0 bridgehead atoms. The molecule has 3 aromatic rings. The van der Waals surface area contributed by atoms with Gasteiger partial charge in [-0.15, -0.1) is 0 Å². The zero-order chi connectivity index (χ0) is 40.4. The Labute approximate surface area is 335 Å². The molecule has 0 saturated carbocycles. The number of aliphatic hydroxyl groups is 5. The Kier molecular flexibility index (Phi) is 23.2. The molecule has 1 amide bonds. The number of nitrogens with one attached hydrogen (secondary N) is 1. The van der Waals surface area contributed by atoms with Crippen LogP contribution in [0.15, 0.2) is 66.7 Å². The fraction of sp³-hybridized carbons (Fsp3) is 0.587. The van der Waals surface area contributed by atoms with E-state index in [1.54, 1.807) is 0 Å². The van der Waals surface area contributed by atoms with Crippen LogP contribution in [0, 0.1) is 0 Å². The SMILES string of the molecule is CCCCCCCCCCOc1ccc(-c2ccc(-c3ccc(OCCCCCCCCCC)cc3)c(OCC(=O)NC[C@H](O)[C@@H](O)[C@H](O)[C@H](O)CO)c2)cc1. The van der Waals surface area contributed by atoms with Gasteiger partial charge in [-0.3, -0.25) is 4.79 Å². The predicted octanol–water partition coefficient (Wildman–Crippen LogP) is 7.99. The summed E-state index contributed by atoms with van der Waals surface area (Å²) in [5.41, 5.74) is 3.50. The molecule has 10 nitrogen and oxygen atoms in total. The van der Waals surface area contributed by atoms with Gasteiger partial charge < -0.3 is 45.1 Å². The molecule has 10 heteroatoms. The summed E-state index contributed by atoms with van der Waals surface area (Å²) in [4.78, 5) is 12.8. The summed E-state index contributed by atoms with van der Waals surface area (Å²) in [5.74, 6) is 1.52. The fourth-order valence-corrected chi connectivity index (χ4v) is 6.48. The third-order valence-electron chi connectivity index (χ3n) is 10.1. The van der Waals surface area contributed by atoms with Gasteiger partial charge in [-0.2, -0.15) is 0 Å². The number of benzene rings is 3. The molecule has 6 N–H and O–H groups in total. The number of aliphatic hydroxyl groups excluding tert-OH is 5. The highest BCUT2D eigenvalue weighted by Crippen LogP contribution is 2.36.